The van der Waals surface area contributed by atoms with E-state index in [-0.39, 0.29) is 0 Å². The molecule has 0 aliphatic rings. The zero-order chi connectivity index (χ0) is 11.0. The summed E-state index contributed by atoms with van der Waals surface area (Å²) in [7, 11) is 0. The molecule has 0 bridgehead atoms. The van der Waals surface area contributed by atoms with Gasteiger partial charge in [-0.2, -0.15) is 0 Å². The highest BCUT2D eigenvalue weighted by atomic mass is 35.5. The van der Waals surface area contributed by atoms with Gasteiger partial charge < -0.3 is 4.98 Å². The van der Waals surface area contributed by atoms with Crippen molar-refractivity contribution in [2.75, 3.05) is 0 Å². The van der Waals surface area contributed by atoms with E-state index in [2.05, 4.69) is 23.3 Å². The highest BCUT2D eigenvalue weighted by Gasteiger charge is 2.06. The van der Waals surface area contributed by atoms with Crippen LogP contribution in [0.2, 0.25) is 5.02 Å². The van der Waals surface area contributed by atoms with Crippen LogP contribution in [0.3, 0.4) is 0 Å². The predicted octanol–water partition coefficient (Wildman–Crippen LogP) is 4.29. The fourth-order valence-electron chi connectivity index (χ4n) is 1.86. The van der Waals surface area contributed by atoms with Crippen LogP contribution >= 0.6 is 11.6 Å². The average molecular weight is 227 g/mol. The van der Waals surface area contributed by atoms with Crippen molar-refractivity contribution in [3.63, 3.8) is 0 Å². The summed E-state index contributed by atoms with van der Waals surface area (Å²) in [5, 5.41) is 1.86. The van der Waals surface area contributed by atoms with Gasteiger partial charge in [0.15, 0.2) is 0 Å². The third-order valence-electron chi connectivity index (χ3n) is 2.64. The molecular weight excluding hydrogens is 218 g/mol. The largest absolute Gasteiger partial charge is 0.353 e. The predicted molar refractivity (Wildman–Crippen MR) is 67.6 cm³/mol. The van der Waals surface area contributed by atoms with Crippen LogP contribution in [-0.2, 0) is 0 Å². The SMILES string of the molecule is Clc1ccc2[nH][c]c(-c3ccccc3)c2c1. The van der Waals surface area contributed by atoms with Crippen LogP contribution in [0, 0.1) is 6.20 Å². The number of fused-ring (bicyclic) bond motifs is 1. The van der Waals surface area contributed by atoms with Gasteiger partial charge in [0, 0.05) is 21.5 Å². The minimum Gasteiger partial charge on any atom is -0.353 e. The van der Waals surface area contributed by atoms with Gasteiger partial charge in [-0.1, -0.05) is 41.9 Å². The molecule has 1 aromatic heterocycles. The van der Waals surface area contributed by atoms with Crippen LogP contribution in [0.5, 0.6) is 0 Å². The summed E-state index contributed by atoms with van der Waals surface area (Å²) in [5.41, 5.74) is 3.28. The molecule has 0 fully saturated rings. The standard InChI is InChI=1S/C14H9ClN/c15-11-6-7-14-12(8-11)13(9-16-14)10-4-2-1-3-5-10/h1-8,16H. The molecule has 1 nitrogen and oxygen atoms in total. The fourth-order valence-corrected chi connectivity index (χ4v) is 2.03. The van der Waals surface area contributed by atoms with Crippen molar-refractivity contribution in [3.05, 3.63) is 59.8 Å². The second kappa shape index (κ2) is 3.69. The smallest absolute Gasteiger partial charge is 0.0716 e. The Balaban J connectivity index is 2.29. The molecule has 0 saturated carbocycles. The van der Waals surface area contributed by atoms with Gasteiger partial charge in [0.05, 0.1) is 6.20 Å². The maximum Gasteiger partial charge on any atom is 0.0716 e. The average Bonchev–Trinajstić information content (AvgIpc) is 2.73. The van der Waals surface area contributed by atoms with E-state index in [0.29, 0.717) is 0 Å². The first-order chi connectivity index (χ1) is 7.84. The van der Waals surface area contributed by atoms with E-state index in [1.54, 1.807) is 0 Å². The number of nitrogens with one attached hydrogen (secondary N) is 1. The summed E-state index contributed by atoms with van der Waals surface area (Å²) < 4.78 is 0. The Morgan fingerprint density at radius 3 is 2.62 bits per heavy atom. The normalized spacial score (nSPS) is 10.8. The monoisotopic (exact) mass is 226 g/mol. The minimum atomic E-state index is 0.748. The Labute approximate surface area is 98.7 Å². The van der Waals surface area contributed by atoms with Crippen LogP contribution in [0.1, 0.15) is 0 Å². The second-order valence-corrected chi connectivity index (χ2v) is 4.12. The van der Waals surface area contributed by atoms with Gasteiger partial charge in [0.25, 0.3) is 0 Å². The van der Waals surface area contributed by atoms with Crippen molar-refractivity contribution in [3.8, 4) is 11.1 Å². The van der Waals surface area contributed by atoms with Crippen molar-refractivity contribution in [1.82, 2.24) is 4.98 Å². The van der Waals surface area contributed by atoms with Gasteiger partial charge in [-0.25, -0.2) is 0 Å². The topological polar surface area (TPSA) is 15.8 Å². The molecule has 0 saturated heterocycles. The first-order valence-corrected chi connectivity index (χ1v) is 5.47. The van der Waals surface area contributed by atoms with E-state index < -0.39 is 0 Å². The van der Waals surface area contributed by atoms with Gasteiger partial charge in [0.1, 0.15) is 0 Å². The molecule has 1 N–H and O–H groups in total. The van der Waals surface area contributed by atoms with Gasteiger partial charge in [0.2, 0.25) is 0 Å². The van der Waals surface area contributed by atoms with Crippen molar-refractivity contribution >= 4 is 22.5 Å². The summed E-state index contributed by atoms with van der Waals surface area (Å²) in [5.74, 6) is 0. The third-order valence-corrected chi connectivity index (χ3v) is 2.87. The molecule has 0 atom stereocenters. The van der Waals surface area contributed by atoms with Crippen LogP contribution in [0.25, 0.3) is 22.0 Å². The number of rotatable bonds is 1. The molecule has 0 aliphatic heterocycles. The molecule has 16 heavy (non-hydrogen) atoms. The molecule has 0 unspecified atom stereocenters. The number of hydrogen-bond donors (Lipinski definition) is 1. The lowest BCUT2D eigenvalue weighted by atomic mass is 10.1. The molecule has 0 aliphatic carbocycles. The van der Waals surface area contributed by atoms with Crippen LogP contribution in [0.4, 0.5) is 0 Å². The first-order valence-electron chi connectivity index (χ1n) is 5.09. The number of halogens is 1. The molecule has 0 amide bonds. The van der Waals surface area contributed by atoms with Gasteiger partial charge >= 0.3 is 0 Å². The highest BCUT2D eigenvalue weighted by Crippen LogP contribution is 2.29. The summed E-state index contributed by atoms with van der Waals surface area (Å²) in [4.78, 5) is 3.13. The lowest BCUT2D eigenvalue weighted by molar-refractivity contribution is 1.45. The van der Waals surface area contributed by atoms with E-state index in [9.17, 15) is 0 Å². The van der Waals surface area contributed by atoms with Crippen molar-refractivity contribution in [2.24, 2.45) is 0 Å². The van der Waals surface area contributed by atoms with Gasteiger partial charge in [-0.15, -0.1) is 0 Å². The Morgan fingerprint density at radius 2 is 1.81 bits per heavy atom. The third kappa shape index (κ3) is 1.50. The summed E-state index contributed by atoms with van der Waals surface area (Å²) in [6.45, 7) is 0. The van der Waals surface area contributed by atoms with Crippen LogP contribution in [-0.4, -0.2) is 4.98 Å². The first kappa shape index (κ1) is 9.49. The van der Waals surface area contributed by atoms with Crippen molar-refractivity contribution < 1.29 is 0 Å². The molecule has 1 radical (unpaired) electrons. The van der Waals surface area contributed by atoms with E-state index in [0.717, 1.165) is 27.1 Å². The van der Waals surface area contributed by atoms with Crippen molar-refractivity contribution in [2.45, 2.75) is 0 Å². The zero-order valence-corrected chi connectivity index (χ0v) is 9.25. The minimum absolute atomic E-state index is 0.748. The van der Waals surface area contributed by atoms with E-state index >= 15 is 0 Å². The second-order valence-electron chi connectivity index (χ2n) is 3.68. The summed E-state index contributed by atoms with van der Waals surface area (Å²) in [6, 6.07) is 16.0. The van der Waals surface area contributed by atoms with Crippen molar-refractivity contribution in [1.29, 1.82) is 0 Å². The van der Waals surface area contributed by atoms with E-state index in [1.807, 2.05) is 36.4 Å². The molecule has 0 spiro atoms. The number of hydrogen-bond acceptors (Lipinski definition) is 0. The lowest BCUT2D eigenvalue weighted by Crippen LogP contribution is -1.74. The molecule has 77 valence electrons. The molecule has 3 rings (SSSR count). The van der Waals surface area contributed by atoms with Crippen LogP contribution < -0.4 is 0 Å². The lowest BCUT2D eigenvalue weighted by Gasteiger charge is -1.98. The van der Waals surface area contributed by atoms with Gasteiger partial charge in [-0.3, -0.25) is 0 Å². The Kier molecular flexibility index (Phi) is 2.19. The Bertz CT molecular complexity index is 626. The number of aromatic nitrogens is 1. The van der Waals surface area contributed by atoms with Crippen LogP contribution in [0.15, 0.2) is 48.5 Å². The van der Waals surface area contributed by atoms with Gasteiger partial charge in [-0.05, 0) is 23.8 Å². The maximum absolute atomic E-state index is 6.01. The number of aromatic amines is 1. The zero-order valence-electron chi connectivity index (χ0n) is 8.50. The van der Waals surface area contributed by atoms with E-state index in [1.165, 1.54) is 0 Å². The molecular formula is C14H9ClN. The van der Waals surface area contributed by atoms with E-state index in [4.69, 9.17) is 11.6 Å². The number of H-pyrrole nitrogens is 1. The summed E-state index contributed by atoms with van der Waals surface area (Å²) >= 11 is 6.01. The highest BCUT2D eigenvalue weighted by molar-refractivity contribution is 6.31. The fraction of sp³-hybridized carbons (Fsp3) is 0. The quantitative estimate of drug-likeness (QED) is 0.637. The Hall–Kier alpha value is -1.73. The maximum atomic E-state index is 6.01. The molecule has 2 aromatic carbocycles. The summed E-state index contributed by atoms with van der Waals surface area (Å²) in [6.07, 6.45) is 3.17. The molecule has 1 heterocycles. The Morgan fingerprint density at radius 1 is 1.00 bits per heavy atom. The molecule has 3 aromatic rings. The molecule has 2 heteroatoms. The number of benzene rings is 2.